The van der Waals surface area contributed by atoms with Crippen LogP contribution in [0.25, 0.3) is 10.9 Å². The molecule has 0 fully saturated rings. The minimum absolute atomic E-state index is 0.00827. The fraction of sp³-hybridized carbons (Fsp3) is 0.250. The van der Waals surface area contributed by atoms with Gasteiger partial charge in [-0.1, -0.05) is 60.7 Å². The molecule has 1 aromatic heterocycles. The summed E-state index contributed by atoms with van der Waals surface area (Å²) in [6.07, 6.45) is 2.46. The molecule has 1 heterocycles. The molecule has 1 N–H and O–H groups in total. The van der Waals surface area contributed by atoms with Crippen molar-refractivity contribution in [1.82, 2.24) is 14.8 Å². The van der Waals surface area contributed by atoms with Crippen molar-refractivity contribution in [3.05, 3.63) is 108 Å². The maximum Gasteiger partial charge on any atom is 0.220 e. The summed E-state index contributed by atoms with van der Waals surface area (Å²) in [6, 6.07) is 25.1. The summed E-state index contributed by atoms with van der Waals surface area (Å²) in [6.45, 7) is 2.12. The summed E-state index contributed by atoms with van der Waals surface area (Å²) >= 11 is 0. The van der Waals surface area contributed by atoms with Crippen LogP contribution >= 0.6 is 0 Å². The summed E-state index contributed by atoms with van der Waals surface area (Å²) in [4.78, 5) is 14.9. The van der Waals surface area contributed by atoms with E-state index < -0.39 is 0 Å². The highest BCUT2D eigenvalue weighted by molar-refractivity contribution is 5.86. The zero-order valence-corrected chi connectivity index (χ0v) is 19.2. The highest BCUT2D eigenvalue weighted by Gasteiger charge is 2.23. The van der Waals surface area contributed by atoms with E-state index in [9.17, 15) is 9.18 Å². The van der Waals surface area contributed by atoms with E-state index in [0.29, 0.717) is 13.0 Å². The molecule has 4 aromatic rings. The van der Waals surface area contributed by atoms with Gasteiger partial charge in [0.1, 0.15) is 5.82 Å². The van der Waals surface area contributed by atoms with Gasteiger partial charge in [0, 0.05) is 49.1 Å². The van der Waals surface area contributed by atoms with Crippen molar-refractivity contribution in [2.45, 2.75) is 18.9 Å². The molecular weight excluding hydrogens is 413 g/mol. The van der Waals surface area contributed by atoms with Gasteiger partial charge in [-0.05, 0) is 49.0 Å². The van der Waals surface area contributed by atoms with Gasteiger partial charge in [-0.15, -0.1) is 0 Å². The number of benzene rings is 3. The van der Waals surface area contributed by atoms with E-state index in [1.54, 1.807) is 12.1 Å². The number of nitrogens with zero attached hydrogens (tertiary/aromatic N) is 2. The van der Waals surface area contributed by atoms with E-state index in [-0.39, 0.29) is 17.6 Å². The zero-order chi connectivity index (χ0) is 23.2. The van der Waals surface area contributed by atoms with E-state index >= 15 is 0 Å². The number of fused-ring (bicyclic) bond motifs is 1. The van der Waals surface area contributed by atoms with Gasteiger partial charge in [0.15, 0.2) is 0 Å². The highest BCUT2D eigenvalue weighted by atomic mass is 19.1. The van der Waals surface area contributed by atoms with E-state index in [0.717, 1.165) is 35.1 Å². The minimum Gasteiger partial charge on any atom is -0.355 e. The quantitative estimate of drug-likeness (QED) is 0.394. The third-order valence-corrected chi connectivity index (χ3v) is 5.93. The van der Waals surface area contributed by atoms with E-state index in [2.05, 4.69) is 40.3 Å². The number of para-hydroxylation sites is 1. The van der Waals surface area contributed by atoms with Crippen LogP contribution in [0.4, 0.5) is 4.39 Å². The van der Waals surface area contributed by atoms with Crippen LogP contribution in [0.2, 0.25) is 0 Å². The summed E-state index contributed by atoms with van der Waals surface area (Å²) in [5.41, 5.74) is 4.35. The highest BCUT2D eigenvalue weighted by Crippen LogP contribution is 2.35. The van der Waals surface area contributed by atoms with Crippen LogP contribution in [0.5, 0.6) is 0 Å². The molecule has 0 unspecified atom stereocenters. The summed E-state index contributed by atoms with van der Waals surface area (Å²) in [5.74, 6) is -0.461. The predicted octanol–water partition coefficient (Wildman–Crippen LogP) is 5.03. The number of carbonyl (C=O) groups excluding carboxylic acids is 1. The average Bonchev–Trinajstić information content (AvgIpc) is 3.17. The number of likely N-dealkylation sites (N-methyl/N-ethyl adjacent to an activating group) is 1. The lowest BCUT2D eigenvalue weighted by Gasteiger charge is -2.18. The molecule has 1 atom stereocenters. The lowest BCUT2D eigenvalue weighted by molar-refractivity contribution is -0.121. The number of hydrogen-bond acceptors (Lipinski definition) is 2. The number of rotatable bonds is 9. The lowest BCUT2D eigenvalue weighted by atomic mass is 9.88. The van der Waals surface area contributed by atoms with Crippen LogP contribution < -0.4 is 5.32 Å². The van der Waals surface area contributed by atoms with Gasteiger partial charge < -0.3 is 14.8 Å². The van der Waals surface area contributed by atoms with Crippen LogP contribution in [0.15, 0.2) is 85.1 Å². The van der Waals surface area contributed by atoms with Crippen LogP contribution in [0.3, 0.4) is 0 Å². The molecule has 3 aromatic carbocycles. The maximum absolute atomic E-state index is 13.7. The smallest absolute Gasteiger partial charge is 0.220 e. The summed E-state index contributed by atoms with van der Waals surface area (Å²) in [7, 11) is 3.96. The van der Waals surface area contributed by atoms with Crippen LogP contribution in [-0.4, -0.2) is 42.6 Å². The minimum atomic E-state index is -0.278. The Morgan fingerprint density at radius 1 is 0.970 bits per heavy atom. The number of halogens is 1. The third kappa shape index (κ3) is 5.68. The lowest BCUT2D eigenvalue weighted by Crippen LogP contribution is -2.32. The van der Waals surface area contributed by atoms with Crippen LogP contribution in [0, 0.1) is 5.82 Å². The second-order valence-electron chi connectivity index (χ2n) is 8.68. The first-order valence-corrected chi connectivity index (χ1v) is 11.3. The SMILES string of the molecule is CN(C)CCNC(=O)C[C@@H](c1ccc(F)cc1)c1cn(Cc2ccccc2)c2ccccc12. The van der Waals surface area contributed by atoms with Gasteiger partial charge in [0.05, 0.1) is 0 Å². The van der Waals surface area contributed by atoms with Gasteiger partial charge in [-0.3, -0.25) is 4.79 Å². The first-order valence-electron chi connectivity index (χ1n) is 11.3. The Morgan fingerprint density at radius 2 is 1.67 bits per heavy atom. The van der Waals surface area contributed by atoms with Crippen LogP contribution in [0.1, 0.15) is 29.0 Å². The molecule has 4 rings (SSSR count). The summed E-state index contributed by atoms with van der Waals surface area (Å²) < 4.78 is 15.9. The molecular formula is C28H30FN3O. The van der Waals surface area contributed by atoms with Gasteiger partial charge in [-0.2, -0.15) is 0 Å². The number of amides is 1. The standard InChI is InChI=1S/C28H30FN3O/c1-31(2)17-16-30-28(33)18-25(22-12-14-23(29)15-13-22)26-20-32(19-21-8-4-3-5-9-21)27-11-7-6-10-24(26)27/h3-15,20,25H,16-19H2,1-2H3,(H,30,33)/t25-/m0/s1. The van der Waals surface area contributed by atoms with E-state index in [1.807, 2.05) is 49.3 Å². The third-order valence-electron chi connectivity index (χ3n) is 5.93. The molecule has 0 aliphatic carbocycles. The Morgan fingerprint density at radius 3 is 2.39 bits per heavy atom. The van der Waals surface area contributed by atoms with Crippen molar-refractivity contribution in [3.8, 4) is 0 Å². The molecule has 170 valence electrons. The van der Waals surface area contributed by atoms with E-state index in [1.165, 1.54) is 17.7 Å². The largest absolute Gasteiger partial charge is 0.355 e. The Bertz CT molecular complexity index is 1200. The maximum atomic E-state index is 13.7. The topological polar surface area (TPSA) is 37.3 Å². The van der Waals surface area contributed by atoms with Gasteiger partial charge >= 0.3 is 0 Å². The number of hydrogen-bond donors (Lipinski definition) is 1. The molecule has 0 bridgehead atoms. The Kier molecular flexibility index (Phi) is 7.20. The molecule has 4 nitrogen and oxygen atoms in total. The Labute approximate surface area is 194 Å². The second kappa shape index (κ2) is 10.5. The van der Waals surface area contributed by atoms with Crippen molar-refractivity contribution in [3.63, 3.8) is 0 Å². The van der Waals surface area contributed by atoms with Crippen molar-refractivity contribution < 1.29 is 9.18 Å². The molecule has 0 aliphatic rings. The molecule has 0 radical (unpaired) electrons. The second-order valence-corrected chi connectivity index (χ2v) is 8.68. The monoisotopic (exact) mass is 443 g/mol. The van der Waals surface area contributed by atoms with Crippen LogP contribution in [-0.2, 0) is 11.3 Å². The molecule has 0 saturated carbocycles. The van der Waals surface area contributed by atoms with Gasteiger partial charge in [0.25, 0.3) is 0 Å². The fourth-order valence-corrected chi connectivity index (χ4v) is 4.24. The Balaban J connectivity index is 1.70. The number of carbonyl (C=O) groups is 1. The fourth-order valence-electron chi connectivity index (χ4n) is 4.24. The molecule has 0 aliphatic heterocycles. The summed E-state index contributed by atoms with van der Waals surface area (Å²) in [5, 5.41) is 4.14. The predicted molar refractivity (Wildman–Crippen MR) is 132 cm³/mol. The number of aromatic nitrogens is 1. The van der Waals surface area contributed by atoms with Gasteiger partial charge in [-0.25, -0.2) is 4.39 Å². The van der Waals surface area contributed by atoms with Crippen molar-refractivity contribution in [2.75, 3.05) is 27.2 Å². The van der Waals surface area contributed by atoms with Crippen molar-refractivity contribution in [1.29, 1.82) is 0 Å². The molecule has 1 amide bonds. The first-order chi connectivity index (χ1) is 16.0. The number of nitrogens with one attached hydrogen (secondary N) is 1. The first kappa shape index (κ1) is 22.7. The normalized spacial score (nSPS) is 12.2. The molecule has 33 heavy (non-hydrogen) atoms. The molecule has 0 saturated heterocycles. The van der Waals surface area contributed by atoms with E-state index in [4.69, 9.17) is 0 Å². The average molecular weight is 444 g/mol. The van der Waals surface area contributed by atoms with Crippen molar-refractivity contribution in [2.24, 2.45) is 0 Å². The zero-order valence-electron chi connectivity index (χ0n) is 19.2. The molecule has 5 heteroatoms. The van der Waals surface area contributed by atoms with Gasteiger partial charge in [0.2, 0.25) is 5.91 Å². The molecule has 0 spiro atoms. The Hall–Kier alpha value is -3.44. The van der Waals surface area contributed by atoms with Crippen molar-refractivity contribution >= 4 is 16.8 Å².